The van der Waals surface area contributed by atoms with E-state index in [0.717, 1.165) is 6.42 Å². The average molecular weight is 256 g/mol. The Morgan fingerprint density at radius 3 is 2.61 bits per heavy atom. The minimum absolute atomic E-state index is 0.270. The Hall–Kier alpha value is -1.40. The lowest BCUT2D eigenvalue weighted by atomic mass is 10.4. The van der Waals surface area contributed by atoms with Crippen LogP contribution in [0.25, 0.3) is 0 Å². The molecule has 6 nitrogen and oxygen atoms in total. The summed E-state index contributed by atoms with van der Waals surface area (Å²) < 4.78 is 12.8. The van der Waals surface area contributed by atoms with Crippen molar-refractivity contribution in [1.29, 1.82) is 0 Å². The second-order valence-electron chi connectivity index (χ2n) is 3.89. The van der Waals surface area contributed by atoms with Crippen LogP contribution in [0, 0.1) is 0 Å². The molecule has 0 saturated carbocycles. The van der Waals surface area contributed by atoms with Crippen LogP contribution in [0.1, 0.15) is 13.3 Å². The van der Waals surface area contributed by atoms with Gasteiger partial charge in [0.25, 0.3) is 5.56 Å². The third kappa shape index (κ3) is 4.12. The number of nitrogens with zero attached hydrogens (tertiary/aromatic N) is 2. The van der Waals surface area contributed by atoms with Crippen molar-refractivity contribution in [3.63, 3.8) is 0 Å². The molecule has 0 unspecified atom stereocenters. The Morgan fingerprint density at radius 1 is 1.17 bits per heavy atom. The van der Waals surface area contributed by atoms with Crippen LogP contribution < -0.4 is 11.2 Å². The molecule has 1 heterocycles. The Balaban J connectivity index is 2.66. The zero-order chi connectivity index (χ0) is 13.4. The van der Waals surface area contributed by atoms with Crippen LogP contribution in [-0.4, -0.2) is 36.1 Å². The summed E-state index contributed by atoms with van der Waals surface area (Å²) in [5.74, 6) is 0. The molecule has 0 aliphatic heterocycles. The summed E-state index contributed by atoms with van der Waals surface area (Å²) in [5.41, 5.74) is -0.567. The van der Waals surface area contributed by atoms with Gasteiger partial charge in [-0.3, -0.25) is 9.36 Å². The highest BCUT2D eigenvalue weighted by molar-refractivity contribution is 4.86. The number of aromatic nitrogens is 2. The monoisotopic (exact) mass is 256 g/mol. The summed E-state index contributed by atoms with van der Waals surface area (Å²) in [6.45, 7) is 4.16. The minimum Gasteiger partial charge on any atom is -0.382 e. The Morgan fingerprint density at radius 2 is 1.94 bits per heavy atom. The summed E-state index contributed by atoms with van der Waals surface area (Å²) in [6, 6.07) is 1.41. The average Bonchev–Trinajstić information content (AvgIpc) is 2.36. The van der Waals surface area contributed by atoms with Crippen molar-refractivity contribution in [2.24, 2.45) is 0 Å². The second kappa shape index (κ2) is 7.84. The van der Waals surface area contributed by atoms with E-state index in [1.54, 1.807) is 7.11 Å². The third-order valence-corrected chi connectivity index (χ3v) is 2.50. The van der Waals surface area contributed by atoms with E-state index in [-0.39, 0.29) is 17.8 Å². The molecular formula is C12H20N2O4. The first-order chi connectivity index (χ1) is 8.70. The quantitative estimate of drug-likeness (QED) is 0.618. The molecule has 0 spiro atoms. The Bertz CT molecular complexity index is 464. The number of hydrogen-bond donors (Lipinski definition) is 0. The Labute approximate surface area is 106 Å². The van der Waals surface area contributed by atoms with Crippen LogP contribution in [-0.2, 0) is 22.6 Å². The fourth-order valence-electron chi connectivity index (χ4n) is 1.57. The SMILES string of the molecule is CCCn1ccc(=O)n(CCOCCOC)c1=O. The molecule has 0 saturated heterocycles. The predicted octanol–water partition coefficient (Wildman–Crippen LogP) is 0.0830. The zero-order valence-corrected chi connectivity index (χ0v) is 10.9. The van der Waals surface area contributed by atoms with E-state index in [0.29, 0.717) is 26.4 Å². The molecule has 6 heteroatoms. The zero-order valence-electron chi connectivity index (χ0n) is 10.9. The fourth-order valence-corrected chi connectivity index (χ4v) is 1.57. The molecule has 0 atom stereocenters. The molecule has 1 aromatic heterocycles. The van der Waals surface area contributed by atoms with Crippen molar-refractivity contribution in [1.82, 2.24) is 9.13 Å². The van der Waals surface area contributed by atoms with Gasteiger partial charge in [0.05, 0.1) is 26.4 Å². The summed E-state index contributed by atoms with van der Waals surface area (Å²) in [6.07, 6.45) is 2.39. The van der Waals surface area contributed by atoms with Crippen LogP contribution in [0.5, 0.6) is 0 Å². The number of rotatable bonds is 8. The summed E-state index contributed by atoms with van der Waals surface area (Å²) in [7, 11) is 1.59. The number of hydrogen-bond acceptors (Lipinski definition) is 4. The van der Waals surface area contributed by atoms with E-state index in [2.05, 4.69) is 0 Å². The molecule has 1 aromatic rings. The van der Waals surface area contributed by atoms with Gasteiger partial charge in [-0.2, -0.15) is 0 Å². The first kappa shape index (κ1) is 14.7. The van der Waals surface area contributed by atoms with Gasteiger partial charge in [-0.25, -0.2) is 4.79 Å². The molecule has 0 aliphatic carbocycles. The summed E-state index contributed by atoms with van der Waals surface area (Å²) in [4.78, 5) is 23.5. The topological polar surface area (TPSA) is 62.5 Å². The van der Waals surface area contributed by atoms with Crippen molar-refractivity contribution in [3.8, 4) is 0 Å². The maximum absolute atomic E-state index is 11.9. The van der Waals surface area contributed by atoms with Crippen molar-refractivity contribution in [3.05, 3.63) is 33.1 Å². The van der Waals surface area contributed by atoms with Gasteiger partial charge in [0, 0.05) is 25.9 Å². The molecular weight excluding hydrogens is 236 g/mol. The minimum atomic E-state index is -0.289. The lowest BCUT2D eigenvalue weighted by Crippen LogP contribution is -2.40. The standard InChI is InChI=1S/C12H20N2O4/c1-3-5-13-6-4-11(15)14(12(13)16)7-8-18-10-9-17-2/h4,6H,3,5,7-10H2,1-2H3. The molecule has 102 valence electrons. The van der Waals surface area contributed by atoms with Gasteiger partial charge in [0.1, 0.15) is 0 Å². The molecule has 0 aliphatic rings. The lowest BCUT2D eigenvalue weighted by molar-refractivity contribution is 0.0656. The van der Waals surface area contributed by atoms with Gasteiger partial charge >= 0.3 is 5.69 Å². The van der Waals surface area contributed by atoms with Gasteiger partial charge in [-0.15, -0.1) is 0 Å². The van der Waals surface area contributed by atoms with Gasteiger partial charge in [0.2, 0.25) is 0 Å². The van der Waals surface area contributed by atoms with E-state index < -0.39 is 0 Å². The molecule has 0 radical (unpaired) electrons. The fraction of sp³-hybridized carbons (Fsp3) is 0.667. The van der Waals surface area contributed by atoms with Gasteiger partial charge in [-0.05, 0) is 6.42 Å². The first-order valence-electron chi connectivity index (χ1n) is 6.07. The van der Waals surface area contributed by atoms with Gasteiger partial charge < -0.3 is 14.0 Å². The normalized spacial score (nSPS) is 10.8. The largest absolute Gasteiger partial charge is 0.382 e. The third-order valence-electron chi connectivity index (χ3n) is 2.50. The maximum atomic E-state index is 11.9. The summed E-state index contributed by atoms with van der Waals surface area (Å²) in [5, 5.41) is 0. The molecule has 18 heavy (non-hydrogen) atoms. The maximum Gasteiger partial charge on any atom is 0.331 e. The number of methoxy groups -OCH3 is 1. The van der Waals surface area contributed by atoms with Crippen molar-refractivity contribution in [2.45, 2.75) is 26.4 Å². The van der Waals surface area contributed by atoms with Crippen LogP contribution >= 0.6 is 0 Å². The number of aryl methyl sites for hydroxylation is 1. The van der Waals surface area contributed by atoms with Gasteiger partial charge in [-0.1, -0.05) is 6.92 Å². The van der Waals surface area contributed by atoms with Crippen LogP contribution in [0.4, 0.5) is 0 Å². The Kier molecular flexibility index (Phi) is 6.38. The summed E-state index contributed by atoms with van der Waals surface area (Å²) >= 11 is 0. The molecule has 0 fully saturated rings. The lowest BCUT2D eigenvalue weighted by Gasteiger charge is -2.09. The first-order valence-corrected chi connectivity index (χ1v) is 6.07. The second-order valence-corrected chi connectivity index (χ2v) is 3.89. The highest BCUT2D eigenvalue weighted by atomic mass is 16.5. The van der Waals surface area contributed by atoms with Crippen LogP contribution in [0.3, 0.4) is 0 Å². The van der Waals surface area contributed by atoms with Crippen molar-refractivity contribution < 1.29 is 9.47 Å². The van der Waals surface area contributed by atoms with Crippen molar-refractivity contribution in [2.75, 3.05) is 26.9 Å². The van der Waals surface area contributed by atoms with E-state index in [1.165, 1.54) is 21.4 Å². The van der Waals surface area contributed by atoms with Crippen LogP contribution in [0.15, 0.2) is 21.9 Å². The van der Waals surface area contributed by atoms with E-state index in [9.17, 15) is 9.59 Å². The molecule has 0 amide bonds. The highest BCUT2D eigenvalue weighted by Gasteiger charge is 2.04. The molecule has 0 aromatic carbocycles. The smallest absolute Gasteiger partial charge is 0.331 e. The van der Waals surface area contributed by atoms with E-state index >= 15 is 0 Å². The molecule has 1 rings (SSSR count). The predicted molar refractivity (Wildman–Crippen MR) is 67.9 cm³/mol. The van der Waals surface area contributed by atoms with Crippen LogP contribution in [0.2, 0.25) is 0 Å². The van der Waals surface area contributed by atoms with E-state index in [1.807, 2.05) is 6.92 Å². The van der Waals surface area contributed by atoms with Crippen molar-refractivity contribution >= 4 is 0 Å². The van der Waals surface area contributed by atoms with E-state index in [4.69, 9.17) is 9.47 Å². The number of ether oxygens (including phenoxy) is 2. The highest BCUT2D eigenvalue weighted by Crippen LogP contribution is 1.85. The molecule has 0 bridgehead atoms. The van der Waals surface area contributed by atoms with Gasteiger partial charge in [0.15, 0.2) is 0 Å². The molecule has 0 N–H and O–H groups in total.